The highest BCUT2D eigenvalue weighted by Gasteiger charge is 2.41. The van der Waals surface area contributed by atoms with Gasteiger partial charge in [0.1, 0.15) is 0 Å². The Hall–Kier alpha value is -0.610. The van der Waals surface area contributed by atoms with Gasteiger partial charge in [0.25, 0.3) is 0 Å². The van der Waals surface area contributed by atoms with Gasteiger partial charge in [-0.15, -0.1) is 0 Å². The fraction of sp³-hybridized carbons (Fsp3) is 0.938. The summed E-state index contributed by atoms with van der Waals surface area (Å²) in [5.74, 6) is 2.06. The van der Waals surface area contributed by atoms with Crippen LogP contribution >= 0.6 is 0 Å². The van der Waals surface area contributed by atoms with Gasteiger partial charge in [0.05, 0.1) is 0 Å². The van der Waals surface area contributed by atoms with E-state index in [2.05, 4.69) is 5.32 Å². The summed E-state index contributed by atoms with van der Waals surface area (Å²) in [5, 5.41) is 3.40. The molecular formula is C16H29N3O. The van der Waals surface area contributed by atoms with Crippen LogP contribution in [0.4, 0.5) is 0 Å². The molecule has 0 aromatic rings. The predicted molar refractivity (Wildman–Crippen MR) is 79.9 cm³/mol. The van der Waals surface area contributed by atoms with Gasteiger partial charge in [0.15, 0.2) is 0 Å². The summed E-state index contributed by atoms with van der Waals surface area (Å²) < 4.78 is 0. The first-order chi connectivity index (χ1) is 9.69. The molecule has 20 heavy (non-hydrogen) atoms. The molecule has 4 heteroatoms. The van der Waals surface area contributed by atoms with E-state index in [1.165, 1.54) is 19.3 Å². The van der Waals surface area contributed by atoms with Crippen molar-refractivity contribution in [2.45, 2.75) is 63.5 Å². The Balaban J connectivity index is 1.63. The van der Waals surface area contributed by atoms with E-state index >= 15 is 0 Å². The highest BCUT2D eigenvalue weighted by atomic mass is 16.2. The Labute approximate surface area is 122 Å². The lowest BCUT2D eigenvalue weighted by Gasteiger charge is -2.45. The zero-order chi connectivity index (χ0) is 14.1. The molecule has 3 aliphatic rings. The van der Waals surface area contributed by atoms with E-state index in [0.29, 0.717) is 36.4 Å². The van der Waals surface area contributed by atoms with E-state index in [0.717, 1.165) is 32.1 Å². The molecule has 0 aliphatic heterocycles. The normalized spacial score (nSPS) is 44.3. The van der Waals surface area contributed by atoms with Crippen molar-refractivity contribution in [3.63, 3.8) is 0 Å². The van der Waals surface area contributed by atoms with Crippen LogP contribution in [0.15, 0.2) is 0 Å². The van der Waals surface area contributed by atoms with E-state index < -0.39 is 0 Å². The number of nitrogens with one attached hydrogen (secondary N) is 1. The Bertz CT molecular complexity index is 346. The van der Waals surface area contributed by atoms with Gasteiger partial charge >= 0.3 is 0 Å². The van der Waals surface area contributed by atoms with Gasteiger partial charge in [0.2, 0.25) is 5.91 Å². The van der Waals surface area contributed by atoms with E-state index in [1.54, 1.807) is 0 Å². The summed E-state index contributed by atoms with van der Waals surface area (Å²) >= 11 is 0. The Morgan fingerprint density at radius 1 is 1.05 bits per heavy atom. The smallest absolute Gasteiger partial charge is 0.223 e. The number of fused-ring (bicyclic) bond motifs is 2. The lowest BCUT2D eigenvalue weighted by atomic mass is 9.67. The predicted octanol–water partition coefficient (Wildman–Crippen LogP) is 1.38. The molecule has 5 N–H and O–H groups in total. The van der Waals surface area contributed by atoms with Gasteiger partial charge in [-0.2, -0.15) is 0 Å². The van der Waals surface area contributed by atoms with Crippen LogP contribution in [-0.2, 0) is 4.79 Å². The minimum atomic E-state index is 0.163. The van der Waals surface area contributed by atoms with E-state index in [4.69, 9.17) is 11.5 Å². The van der Waals surface area contributed by atoms with Crippen molar-refractivity contribution in [1.29, 1.82) is 0 Å². The minimum Gasteiger partial charge on any atom is -0.353 e. The monoisotopic (exact) mass is 279 g/mol. The summed E-state index contributed by atoms with van der Waals surface area (Å²) in [5.41, 5.74) is 12.0. The van der Waals surface area contributed by atoms with Gasteiger partial charge in [-0.1, -0.05) is 12.8 Å². The zero-order valence-corrected chi connectivity index (χ0v) is 12.4. The number of nitrogens with two attached hydrogens (primary N) is 2. The van der Waals surface area contributed by atoms with Gasteiger partial charge in [0, 0.05) is 18.0 Å². The van der Waals surface area contributed by atoms with Gasteiger partial charge < -0.3 is 16.8 Å². The first-order valence-electron chi connectivity index (χ1n) is 8.45. The largest absolute Gasteiger partial charge is 0.353 e. The molecule has 3 aliphatic carbocycles. The first kappa shape index (κ1) is 14.3. The summed E-state index contributed by atoms with van der Waals surface area (Å²) in [4.78, 5) is 12.6. The average molecular weight is 279 g/mol. The molecule has 2 bridgehead atoms. The molecule has 4 atom stereocenters. The Morgan fingerprint density at radius 2 is 1.70 bits per heavy atom. The summed E-state index contributed by atoms with van der Waals surface area (Å²) in [7, 11) is 0. The second kappa shape index (κ2) is 6.02. The van der Waals surface area contributed by atoms with Crippen LogP contribution in [-0.4, -0.2) is 24.5 Å². The molecule has 3 fully saturated rings. The van der Waals surface area contributed by atoms with Gasteiger partial charge in [-0.3, -0.25) is 4.79 Å². The Kier molecular flexibility index (Phi) is 4.32. The highest BCUT2D eigenvalue weighted by Crippen LogP contribution is 2.40. The molecule has 1 amide bonds. The van der Waals surface area contributed by atoms with Crippen molar-refractivity contribution >= 4 is 5.91 Å². The number of carbonyl (C=O) groups is 1. The molecule has 3 saturated carbocycles. The van der Waals surface area contributed by atoms with E-state index in [9.17, 15) is 4.79 Å². The van der Waals surface area contributed by atoms with Crippen LogP contribution in [0.25, 0.3) is 0 Å². The van der Waals surface area contributed by atoms with Crippen molar-refractivity contribution in [1.82, 2.24) is 5.32 Å². The zero-order valence-electron chi connectivity index (χ0n) is 12.4. The van der Waals surface area contributed by atoms with Gasteiger partial charge in [-0.05, 0) is 62.8 Å². The van der Waals surface area contributed by atoms with E-state index in [-0.39, 0.29) is 11.8 Å². The van der Waals surface area contributed by atoms with Crippen LogP contribution in [0.2, 0.25) is 0 Å². The van der Waals surface area contributed by atoms with Crippen LogP contribution in [0, 0.1) is 23.7 Å². The average Bonchev–Trinajstić information content (AvgIpc) is 2.88. The maximum atomic E-state index is 12.6. The molecular weight excluding hydrogens is 250 g/mol. The lowest BCUT2D eigenvalue weighted by molar-refractivity contribution is -0.128. The molecule has 0 heterocycles. The van der Waals surface area contributed by atoms with Crippen molar-refractivity contribution < 1.29 is 4.79 Å². The number of hydrogen-bond donors (Lipinski definition) is 3. The van der Waals surface area contributed by atoms with Crippen LogP contribution < -0.4 is 16.8 Å². The maximum absolute atomic E-state index is 12.6. The van der Waals surface area contributed by atoms with Gasteiger partial charge in [-0.25, -0.2) is 0 Å². The molecule has 2 unspecified atom stereocenters. The van der Waals surface area contributed by atoms with E-state index in [1.807, 2.05) is 0 Å². The third kappa shape index (κ3) is 2.73. The number of carbonyl (C=O) groups excluding carboxylic acids is 1. The standard InChI is InChI=1S/C16H29N3O/c17-9-12-5-2-6-14(12)16(20)19-15-10-3-1-4-11(15)8-13(18)7-10/h10-15H,1-9,17-18H2,(H,19,20)/t10?,11?,12-,13?,14-,15?/m1/s1. The van der Waals surface area contributed by atoms with Crippen LogP contribution in [0.5, 0.6) is 0 Å². The quantitative estimate of drug-likeness (QED) is 0.730. The molecule has 0 spiro atoms. The SMILES string of the molecule is NC[C@H]1CCC[C@H]1C(=O)NC1C2CCCC1CC(N)C2. The number of amides is 1. The van der Waals surface area contributed by atoms with Crippen LogP contribution in [0.3, 0.4) is 0 Å². The molecule has 4 nitrogen and oxygen atoms in total. The highest BCUT2D eigenvalue weighted by molar-refractivity contribution is 5.79. The maximum Gasteiger partial charge on any atom is 0.223 e. The molecule has 0 radical (unpaired) electrons. The Morgan fingerprint density at radius 3 is 2.35 bits per heavy atom. The molecule has 0 saturated heterocycles. The summed E-state index contributed by atoms with van der Waals surface area (Å²) in [6.07, 6.45) is 9.26. The van der Waals surface area contributed by atoms with Crippen molar-refractivity contribution in [2.24, 2.45) is 35.1 Å². The fourth-order valence-corrected chi connectivity index (χ4v) is 4.96. The molecule has 0 aromatic heterocycles. The molecule has 3 rings (SSSR count). The van der Waals surface area contributed by atoms with Crippen molar-refractivity contribution in [2.75, 3.05) is 6.54 Å². The molecule has 0 aromatic carbocycles. The lowest BCUT2D eigenvalue weighted by Crippen LogP contribution is -2.55. The minimum absolute atomic E-state index is 0.163. The topological polar surface area (TPSA) is 81.1 Å². The number of hydrogen-bond acceptors (Lipinski definition) is 3. The summed E-state index contributed by atoms with van der Waals surface area (Å²) in [6.45, 7) is 0.653. The third-order valence-electron chi connectivity index (χ3n) is 5.98. The van der Waals surface area contributed by atoms with Crippen molar-refractivity contribution in [3.05, 3.63) is 0 Å². The first-order valence-corrected chi connectivity index (χ1v) is 8.45. The van der Waals surface area contributed by atoms with Crippen LogP contribution in [0.1, 0.15) is 51.4 Å². The fourth-order valence-electron chi connectivity index (χ4n) is 4.96. The number of rotatable bonds is 3. The van der Waals surface area contributed by atoms with Crippen molar-refractivity contribution in [3.8, 4) is 0 Å². The third-order valence-corrected chi connectivity index (χ3v) is 5.98. The second-order valence-corrected chi connectivity index (χ2v) is 7.25. The second-order valence-electron chi connectivity index (χ2n) is 7.25. The molecule has 114 valence electrons. The summed E-state index contributed by atoms with van der Waals surface area (Å²) in [6, 6.07) is 0.733.